The monoisotopic (exact) mass is 459 g/mol. The van der Waals surface area contributed by atoms with Crippen LogP contribution in [0.2, 0.25) is 0 Å². The number of anilines is 1. The second-order valence-electron chi connectivity index (χ2n) is 7.28. The molecule has 0 aliphatic heterocycles. The molecular formula is C26H29N5OS. The Kier molecular flexibility index (Phi) is 9.11. The van der Waals surface area contributed by atoms with E-state index in [0.29, 0.717) is 17.8 Å². The molecule has 3 aromatic rings. The van der Waals surface area contributed by atoms with Gasteiger partial charge in [-0.3, -0.25) is 14.5 Å². The van der Waals surface area contributed by atoms with Gasteiger partial charge in [-0.2, -0.15) is 0 Å². The van der Waals surface area contributed by atoms with Gasteiger partial charge in [0.15, 0.2) is 0 Å². The van der Waals surface area contributed by atoms with Gasteiger partial charge in [-0.05, 0) is 54.1 Å². The summed E-state index contributed by atoms with van der Waals surface area (Å²) in [6, 6.07) is 23.6. The maximum Gasteiger partial charge on any atom is 0.248 e. The maximum atomic E-state index is 11.3. The Balaban J connectivity index is 1.79. The number of primary amides is 1. The summed E-state index contributed by atoms with van der Waals surface area (Å²) >= 11 is 1.65. The molecule has 0 fully saturated rings. The zero-order valence-corrected chi connectivity index (χ0v) is 19.4. The van der Waals surface area contributed by atoms with Gasteiger partial charge in [-0.1, -0.05) is 60.5 Å². The number of allylic oxidation sites excluding steroid dienone is 1. The first kappa shape index (κ1) is 24.1. The predicted octanol–water partition coefficient (Wildman–Crippen LogP) is 4.30. The summed E-state index contributed by atoms with van der Waals surface area (Å²) in [5.41, 5.74) is 17.9. The van der Waals surface area contributed by atoms with Gasteiger partial charge in [0.1, 0.15) is 0 Å². The van der Waals surface area contributed by atoms with E-state index in [1.54, 1.807) is 42.4 Å². The van der Waals surface area contributed by atoms with Crippen LogP contribution in [-0.2, 0) is 6.54 Å². The number of amides is 1. The summed E-state index contributed by atoms with van der Waals surface area (Å²) in [4.78, 5) is 15.8. The molecule has 33 heavy (non-hydrogen) atoms. The first-order valence-corrected chi connectivity index (χ1v) is 11.6. The summed E-state index contributed by atoms with van der Waals surface area (Å²) in [6.45, 7) is 1.24. The lowest BCUT2D eigenvalue weighted by Crippen LogP contribution is -2.10. The molecule has 0 heterocycles. The minimum atomic E-state index is -0.448. The average molecular weight is 460 g/mol. The molecule has 0 radical (unpaired) electrons. The quantitative estimate of drug-likeness (QED) is 0.194. The van der Waals surface area contributed by atoms with E-state index in [0.717, 1.165) is 40.2 Å². The minimum absolute atomic E-state index is 0.432. The van der Waals surface area contributed by atoms with Crippen LogP contribution in [0.25, 0.3) is 16.8 Å². The van der Waals surface area contributed by atoms with Gasteiger partial charge in [-0.15, -0.1) is 0 Å². The van der Waals surface area contributed by atoms with Crippen molar-refractivity contribution in [2.45, 2.75) is 6.54 Å². The number of nitrogens with one attached hydrogen (secondary N) is 2. The van der Waals surface area contributed by atoms with Crippen LogP contribution < -0.4 is 21.5 Å². The third-order valence-corrected chi connectivity index (χ3v) is 5.64. The largest absolute Gasteiger partial charge is 0.398 e. The molecule has 0 aromatic heterocycles. The van der Waals surface area contributed by atoms with E-state index < -0.39 is 5.91 Å². The lowest BCUT2D eigenvalue weighted by molar-refractivity contribution is 0.1000. The molecule has 170 valence electrons. The lowest BCUT2D eigenvalue weighted by atomic mass is 10.00. The molecule has 0 spiro atoms. The fraction of sp³-hybridized carbons (Fsp3) is 0.154. The molecule has 0 atom stereocenters. The predicted molar refractivity (Wildman–Crippen MR) is 141 cm³/mol. The fourth-order valence-corrected chi connectivity index (χ4v) is 3.70. The number of hydrogen-bond donors (Lipinski definition) is 4. The molecule has 0 unspecified atom stereocenters. The van der Waals surface area contributed by atoms with Crippen LogP contribution in [0.1, 0.15) is 21.5 Å². The Labute approximate surface area is 199 Å². The van der Waals surface area contributed by atoms with Crippen molar-refractivity contribution in [3.8, 4) is 11.1 Å². The number of benzene rings is 3. The SMILES string of the molecule is CNSCCNc1ccc(-c2ccccc2)cc1C(N)=CC=NCc1cccc(C(N)=O)c1. The summed E-state index contributed by atoms with van der Waals surface area (Å²) in [5.74, 6) is 0.475. The molecule has 6 N–H and O–H groups in total. The van der Waals surface area contributed by atoms with Crippen LogP contribution in [0, 0.1) is 0 Å². The Morgan fingerprint density at radius 3 is 2.58 bits per heavy atom. The van der Waals surface area contributed by atoms with Gasteiger partial charge in [0.05, 0.1) is 6.54 Å². The summed E-state index contributed by atoms with van der Waals surface area (Å²) in [6.07, 6.45) is 3.50. The Morgan fingerprint density at radius 1 is 1.00 bits per heavy atom. The van der Waals surface area contributed by atoms with Gasteiger partial charge in [0.25, 0.3) is 0 Å². The third kappa shape index (κ3) is 7.24. The molecule has 0 saturated carbocycles. The van der Waals surface area contributed by atoms with E-state index >= 15 is 0 Å². The average Bonchev–Trinajstić information content (AvgIpc) is 2.85. The topological polar surface area (TPSA) is 106 Å². The van der Waals surface area contributed by atoms with Crippen LogP contribution in [0.4, 0.5) is 5.69 Å². The van der Waals surface area contributed by atoms with E-state index in [1.165, 1.54) is 0 Å². The fourth-order valence-electron chi connectivity index (χ4n) is 3.29. The van der Waals surface area contributed by atoms with E-state index in [-0.39, 0.29) is 0 Å². The highest BCUT2D eigenvalue weighted by atomic mass is 32.2. The van der Waals surface area contributed by atoms with Crippen LogP contribution in [0.15, 0.2) is 83.9 Å². The zero-order chi connectivity index (χ0) is 23.5. The number of nitrogens with two attached hydrogens (primary N) is 2. The molecule has 3 rings (SSSR count). The van der Waals surface area contributed by atoms with E-state index in [1.807, 2.05) is 31.3 Å². The van der Waals surface area contributed by atoms with Crippen molar-refractivity contribution in [1.29, 1.82) is 0 Å². The first-order chi connectivity index (χ1) is 16.1. The van der Waals surface area contributed by atoms with Gasteiger partial charge in [0.2, 0.25) is 5.91 Å². The van der Waals surface area contributed by atoms with Gasteiger partial charge in [0, 0.05) is 41.0 Å². The Morgan fingerprint density at radius 2 is 1.82 bits per heavy atom. The Hall–Kier alpha value is -3.55. The third-order valence-electron chi connectivity index (χ3n) is 4.95. The molecule has 0 aliphatic rings. The highest BCUT2D eigenvalue weighted by Crippen LogP contribution is 2.28. The molecule has 7 heteroatoms. The van der Waals surface area contributed by atoms with Gasteiger partial charge < -0.3 is 16.8 Å². The van der Waals surface area contributed by atoms with E-state index in [9.17, 15) is 4.79 Å². The highest BCUT2D eigenvalue weighted by Gasteiger charge is 2.08. The number of aliphatic imine (C=N–C) groups is 1. The molecule has 0 aliphatic carbocycles. The van der Waals surface area contributed by atoms with Crippen molar-refractivity contribution in [1.82, 2.24) is 4.72 Å². The second-order valence-corrected chi connectivity index (χ2v) is 8.39. The number of hydrogen-bond acceptors (Lipinski definition) is 6. The first-order valence-electron chi connectivity index (χ1n) is 10.6. The number of nitrogens with zero attached hydrogens (tertiary/aromatic N) is 1. The molecular weight excluding hydrogens is 430 g/mol. The zero-order valence-electron chi connectivity index (χ0n) is 18.6. The van der Waals surface area contributed by atoms with Gasteiger partial charge in [-0.25, -0.2) is 0 Å². The summed E-state index contributed by atoms with van der Waals surface area (Å²) in [7, 11) is 1.91. The normalized spacial score (nSPS) is 11.6. The number of carbonyl (C=O) groups is 1. The maximum absolute atomic E-state index is 11.3. The van der Waals surface area contributed by atoms with Crippen LogP contribution >= 0.6 is 11.9 Å². The summed E-state index contributed by atoms with van der Waals surface area (Å²) < 4.78 is 3.08. The highest BCUT2D eigenvalue weighted by molar-refractivity contribution is 7.97. The minimum Gasteiger partial charge on any atom is -0.398 e. The van der Waals surface area contributed by atoms with Crippen molar-refractivity contribution in [2.24, 2.45) is 16.5 Å². The van der Waals surface area contributed by atoms with Crippen molar-refractivity contribution in [3.63, 3.8) is 0 Å². The van der Waals surface area contributed by atoms with Gasteiger partial charge >= 0.3 is 0 Å². The van der Waals surface area contributed by atoms with Crippen molar-refractivity contribution in [3.05, 3.63) is 95.6 Å². The number of carbonyl (C=O) groups excluding carboxylic acids is 1. The molecule has 0 saturated heterocycles. The van der Waals surface area contributed by atoms with Crippen molar-refractivity contribution >= 4 is 35.5 Å². The smallest absolute Gasteiger partial charge is 0.248 e. The second kappa shape index (κ2) is 12.5. The van der Waals surface area contributed by atoms with Crippen LogP contribution in [-0.4, -0.2) is 31.5 Å². The Bertz CT molecular complexity index is 1130. The molecule has 6 nitrogen and oxygen atoms in total. The van der Waals surface area contributed by atoms with E-state index in [4.69, 9.17) is 11.5 Å². The number of rotatable bonds is 11. The van der Waals surface area contributed by atoms with Crippen molar-refractivity contribution in [2.75, 3.05) is 24.7 Å². The molecule has 0 bridgehead atoms. The summed E-state index contributed by atoms with van der Waals surface area (Å²) in [5, 5.41) is 3.47. The lowest BCUT2D eigenvalue weighted by Gasteiger charge is -2.14. The van der Waals surface area contributed by atoms with Crippen LogP contribution in [0.3, 0.4) is 0 Å². The molecule has 1 amide bonds. The standard InChI is InChI=1S/C26H29N5OS/c1-29-33-15-14-31-25-11-10-21(20-7-3-2-4-8-20)17-23(25)24(27)12-13-30-18-19-6-5-9-22(16-19)26(28)32/h2-13,16-17,29,31H,14-15,18,27H2,1H3,(H2,28,32). The van der Waals surface area contributed by atoms with Crippen LogP contribution in [0.5, 0.6) is 0 Å². The molecule has 3 aromatic carbocycles. The van der Waals surface area contributed by atoms with E-state index in [2.05, 4.69) is 45.4 Å². The van der Waals surface area contributed by atoms with Crippen molar-refractivity contribution < 1.29 is 4.79 Å².